The van der Waals surface area contributed by atoms with Crippen LogP contribution >= 0.6 is 0 Å². The summed E-state index contributed by atoms with van der Waals surface area (Å²) >= 11 is 0. The van der Waals surface area contributed by atoms with E-state index in [-0.39, 0.29) is 48.9 Å². The van der Waals surface area contributed by atoms with Crippen molar-refractivity contribution in [1.29, 1.82) is 0 Å². The smallest absolute Gasteiger partial charge is 0.311 e. The van der Waals surface area contributed by atoms with Crippen molar-refractivity contribution in [3.05, 3.63) is 0 Å². The minimum absolute atomic E-state index is 0.0254. The highest BCUT2D eigenvalue weighted by atomic mass is 16.6. The molecule has 0 fully saturated rings. The van der Waals surface area contributed by atoms with Crippen LogP contribution in [0.25, 0.3) is 0 Å². The summed E-state index contributed by atoms with van der Waals surface area (Å²) in [5, 5.41) is 0. The van der Waals surface area contributed by atoms with Crippen molar-refractivity contribution >= 4 is 47.8 Å². The highest BCUT2D eigenvalue weighted by molar-refractivity contribution is 5.80. The second kappa shape index (κ2) is 28.2. The molecule has 0 bridgehead atoms. The van der Waals surface area contributed by atoms with Gasteiger partial charge in [0.25, 0.3) is 0 Å². The number of hydrogen-bond donors (Lipinski definition) is 0. The Morgan fingerprint density at radius 1 is 0.351 bits per heavy atom. The summed E-state index contributed by atoms with van der Waals surface area (Å²) < 4.78 is 52.9. The van der Waals surface area contributed by atoms with E-state index in [0.29, 0.717) is 0 Å². The normalized spacial score (nSPS) is 13.7. The SMILES string of the molecule is COC(=O)CCC(CC(C)(C)C(=O)OCC(COCC(COC(=O)C(C)(C)C(C)C)(COC(=O)C(C)(C)C(C)C)COC(=O)C(C)(C)C(C)C)(COC(=O)C(C)(C)C(C)C)COC(=O)C(C)(C)C(C)C)C(=O)OC. The van der Waals surface area contributed by atoms with Crippen LogP contribution < -0.4 is 0 Å². The molecule has 0 aliphatic carbocycles. The van der Waals surface area contributed by atoms with Gasteiger partial charge in [0.2, 0.25) is 0 Å². The Kier molecular flexibility index (Phi) is 26.6. The lowest BCUT2D eigenvalue weighted by molar-refractivity contribution is -0.187. The molecule has 0 aromatic heterocycles. The molecule has 0 aliphatic rings. The number of rotatable bonds is 33. The minimum Gasteiger partial charge on any atom is -0.469 e. The van der Waals surface area contributed by atoms with Gasteiger partial charge >= 0.3 is 47.8 Å². The largest absolute Gasteiger partial charge is 0.469 e. The highest BCUT2D eigenvalue weighted by Crippen LogP contribution is 2.37. The fraction of sp³-hybridized carbons (Fsp3) is 0.860. The molecule has 17 heteroatoms. The third-order valence-corrected chi connectivity index (χ3v) is 16.5. The molecule has 0 radical (unpaired) electrons. The number of ether oxygens (including phenoxy) is 9. The lowest BCUT2D eigenvalue weighted by Crippen LogP contribution is -2.49. The Bertz CT molecular complexity index is 1760. The van der Waals surface area contributed by atoms with Gasteiger partial charge in [-0.3, -0.25) is 38.4 Å². The Morgan fingerprint density at radius 2 is 0.595 bits per heavy atom. The number of hydrogen-bond acceptors (Lipinski definition) is 17. The van der Waals surface area contributed by atoms with Crippen molar-refractivity contribution < 1.29 is 81.0 Å². The lowest BCUT2D eigenvalue weighted by atomic mass is 9.80. The maximum atomic E-state index is 14.3. The average Bonchev–Trinajstić information content (AvgIpc) is 3.31. The zero-order valence-corrected chi connectivity index (χ0v) is 50.2. The molecule has 0 amide bonds. The van der Waals surface area contributed by atoms with Crippen LogP contribution in [0.15, 0.2) is 0 Å². The van der Waals surface area contributed by atoms with Crippen LogP contribution in [0.1, 0.15) is 172 Å². The molecule has 1 unspecified atom stereocenters. The number of methoxy groups -OCH3 is 2. The van der Waals surface area contributed by atoms with Crippen LogP contribution in [0.2, 0.25) is 0 Å². The second-order valence-corrected chi connectivity index (χ2v) is 25.8. The van der Waals surface area contributed by atoms with Gasteiger partial charge in [-0.1, -0.05) is 69.2 Å². The van der Waals surface area contributed by atoms with Crippen LogP contribution in [0.5, 0.6) is 0 Å². The first-order valence-electron chi connectivity index (χ1n) is 26.2. The quantitative estimate of drug-likeness (QED) is 0.0441. The molecule has 0 rings (SSSR count). The molecule has 1 atom stereocenters. The van der Waals surface area contributed by atoms with Crippen LogP contribution in [-0.2, 0) is 81.0 Å². The number of carbonyl (C=O) groups is 8. The third kappa shape index (κ3) is 19.7. The van der Waals surface area contributed by atoms with Crippen molar-refractivity contribution in [2.45, 2.75) is 172 Å². The molecular formula is C57H100O17. The van der Waals surface area contributed by atoms with E-state index in [4.69, 9.17) is 42.6 Å². The molecular weight excluding hydrogens is 957 g/mol. The first-order chi connectivity index (χ1) is 33.5. The van der Waals surface area contributed by atoms with Crippen molar-refractivity contribution in [3.63, 3.8) is 0 Å². The van der Waals surface area contributed by atoms with Gasteiger partial charge in [0.1, 0.15) is 39.6 Å². The van der Waals surface area contributed by atoms with E-state index in [0.717, 1.165) is 0 Å². The molecule has 0 saturated carbocycles. The van der Waals surface area contributed by atoms with Crippen molar-refractivity contribution in [3.8, 4) is 0 Å². The monoisotopic (exact) mass is 1060 g/mol. The highest BCUT2D eigenvalue weighted by Gasteiger charge is 2.47. The zero-order chi connectivity index (χ0) is 58.2. The van der Waals surface area contributed by atoms with Crippen molar-refractivity contribution in [2.75, 3.05) is 67.1 Å². The molecule has 0 spiro atoms. The Labute approximate surface area is 444 Å². The van der Waals surface area contributed by atoms with Gasteiger partial charge in [0.05, 0.1) is 76.7 Å². The van der Waals surface area contributed by atoms with Crippen LogP contribution in [-0.4, -0.2) is 115 Å². The maximum Gasteiger partial charge on any atom is 0.311 e. The van der Waals surface area contributed by atoms with Crippen molar-refractivity contribution in [2.24, 2.45) is 78.8 Å². The van der Waals surface area contributed by atoms with E-state index in [1.165, 1.54) is 14.2 Å². The van der Waals surface area contributed by atoms with Gasteiger partial charge in [0.15, 0.2) is 0 Å². The van der Waals surface area contributed by atoms with Gasteiger partial charge in [0, 0.05) is 6.42 Å². The molecule has 0 aliphatic heterocycles. The molecule has 0 heterocycles. The maximum absolute atomic E-state index is 14.3. The number of esters is 8. The van der Waals surface area contributed by atoms with E-state index in [1.54, 1.807) is 83.1 Å². The van der Waals surface area contributed by atoms with Gasteiger partial charge in [-0.25, -0.2) is 0 Å². The Balaban J connectivity index is 8.08. The van der Waals surface area contributed by atoms with E-state index < -0.39 is 150 Å². The molecule has 17 nitrogen and oxygen atoms in total. The zero-order valence-electron chi connectivity index (χ0n) is 50.2. The molecule has 0 saturated heterocycles. The number of carbonyl (C=O) groups excluding carboxylic acids is 8. The third-order valence-electron chi connectivity index (χ3n) is 16.5. The summed E-state index contributed by atoms with van der Waals surface area (Å²) in [6.07, 6.45) is -0.184. The summed E-state index contributed by atoms with van der Waals surface area (Å²) in [5.41, 5.74) is -9.50. The predicted octanol–water partition coefficient (Wildman–Crippen LogP) is 9.80. The molecule has 0 aromatic rings. The topological polar surface area (TPSA) is 220 Å². The molecule has 430 valence electrons. The van der Waals surface area contributed by atoms with Gasteiger partial charge in [-0.05, 0) is 126 Å². The lowest BCUT2D eigenvalue weighted by Gasteiger charge is -2.39. The van der Waals surface area contributed by atoms with Crippen LogP contribution in [0.3, 0.4) is 0 Å². The minimum atomic E-state index is -1.65. The van der Waals surface area contributed by atoms with Crippen LogP contribution in [0.4, 0.5) is 0 Å². The predicted molar refractivity (Wildman–Crippen MR) is 280 cm³/mol. The summed E-state index contributed by atoms with van der Waals surface area (Å²) in [6.45, 7) is 35.4. The van der Waals surface area contributed by atoms with Gasteiger partial charge in [-0.15, -0.1) is 0 Å². The second-order valence-electron chi connectivity index (χ2n) is 25.8. The van der Waals surface area contributed by atoms with E-state index in [1.807, 2.05) is 69.2 Å². The van der Waals surface area contributed by atoms with E-state index in [9.17, 15) is 38.4 Å². The molecule has 74 heavy (non-hydrogen) atoms. The van der Waals surface area contributed by atoms with Gasteiger partial charge < -0.3 is 42.6 Å². The molecule has 0 N–H and O–H groups in total. The van der Waals surface area contributed by atoms with Crippen molar-refractivity contribution in [1.82, 2.24) is 0 Å². The van der Waals surface area contributed by atoms with Gasteiger partial charge in [-0.2, -0.15) is 0 Å². The standard InChI is InChI=1S/C57H100O17/c1-36(2)51(13,14)45(61)70-31-56(32-71-46(62)52(15,16)37(3)4,30-69-44(60)50(11,12)27-41(43(59)67-24)25-26-42(58)66-23)28-68-29-57(33-72-47(63)53(17,18)38(5)6,34-73-48(64)54(19,20)39(7)8)35-74-49(65)55(21,22)40(9)10/h36-41H,25-35H2,1-24H3. The summed E-state index contributed by atoms with van der Waals surface area (Å²) in [7, 11) is 2.43. The average molecular weight is 1060 g/mol. The fourth-order valence-corrected chi connectivity index (χ4v) is 6.16. The summed E-state index contributed by atoms with van der Waals surface area (Å²) in [5.74, 6) is -6.59. The van der Waals surface area contributed by atoms with E-state index >= 15 is 0 Å². The first kappa shape index (κ1) is 69.7. The fourth-order valence-electron chi connectivity index (χ4n) is 6.16. The molecule has 0 aromatic carbocycles. The summed E-state index contributed by atoms with van der Waals surface area (Å²) in [4.78, 5) is 109. The summed E-state index contributed by atoms with van der Waals surface area (Å²) in [6, 6.07) is 0. The van der Waals surface area contributed by atoms with Crippen LogP contribution in [0, 0.1) is 78.8 Å². The van der Waals surface area contributed by atoms with E-state index in [2.05, 4.69) is 0 Å². The first-order valence-corrected chi connectivity index (χ1v) is 26.2. The Hall–Kier alpha value is -4.28. The Morgan fingerprint density at radius 3 is 0.811 bits per heavy atom.